The standard InChI is InChI=1S/C24H29N3O2S/c1-16(2)19-5-7-20(8-6-19)29-15-22(28)26-9-11-27(12-10-26)24-25-21-14-17(3)13-18(4)23(21)30-24/h5-8,13-14,16H,9-12,15H2,1-4H3. The Morgan fingerprint density at radius 3 is 2.47 bits per heavy atom. The number of amides is 1. The number of fused-ring (bicyclic) bond motifs is 1. The van der Waals surface area contributed by atoms with Gasteiger partial charge < -0.3 is 14.5 Å². The second kappa shape index (κ2) is 8.64. The first-order valence-electron chi connectivity index (χ1n) is 10.5. The molecule has 0 aliphatic carbocycles. The third kappa shape index (κ3) is 4.43. The van der Waals surface area contributed by atoms with Gasteiger partial charge in [-0.1, -0.05) is 43.4 Å². The molecule has 1 aliphatic rings. The number of piperazine rings is 1. The average molecular weight is 424 g/mol. The lowest BCUT2D eigenvalue weighted by Crippen LogP contribution is -2.50. The van der Waals surface area contributed by atoms with E-state index in [4.69, 9.17) is 9.72 Å². The van der Waals surface area contributed by atoms with E-state index in [0.29, 0.717) is 19.0 Å². The molecule has 6 heteroatoms. The summed E-state index contributed by atoms with van der Waals surface area (Å²) in [6, 6.07) is 12.4. The van der Waals surface area contributed by atoms with Crippen molar-refractivity contribution in [3.8, 4) is 5.75 Å². The van der Waals surface area contributed by atoms with Crippen LogP contribution in [0.5, 0.6) is 5.75 Å². The van der Waals surface area contributed by atoms with E-state index in [1.165, 1.54) is 21.4 Å². The molecular formula is C24H29N3O2S. The summed E-state index contributed by atoms with van der Waals surface area (Å²) < 4.78 is 6.97. The highest BCUT2D eigenvalue weighted by Crippen LogP contribution is 2.32. The Bertz CT molecular complexity index is 1030. The van der Waals surface area contributed by atoms with Crippen LogP contribution < -0.4 is 9.64 Å². The molecule has 0 N–H and O–H groups in total. The molecule has 0 unspecified atom stereocenters. The molecule has 0 radical (unpaired) electrons. The molecule has 0 atom stereocenters. The largest absolute Gasteiger partial charge is 0.484 e. The minimum Gasteiger partial charge on any atom is -0.484 e. The second-order valence-electron chi connectivity index (χ2n) is 8.31. The van der Waals surface area contributed by atoms with Gasteiger partial charge in [-0.15, -0.1) is 0 Å². The topological polar surface area (TPSA) is 45.7 Å². The molecule has 4 rings (SSSR count). The van der Waals surface area contributed by atoms with Gasteiger partial charge in [0.25, 0.3) is 5.91 Å². The molecule has 1 fully saturated rings. The normalized spacial score (nSPS) is 14.6. The van der Waals surface area contributed by atoms with Gasteiger partial charge in [0.1, 0.15) is 5.75 Å². The van der Waals surface area contributed by atoms with Crippen LogP contribution in [0, 0.1) is 13.8 Å². The highest BCUT2D eigenvalue weighted by molar-refractivity contribution is 7.22. The van der Waals surface area contributed by atoms with Crippen LogP contribution >= 0.6 is 11.3 Å². The van der Waals surface area contributed by atoms with Crippen LogP contribution in [-0.2, 0) is 4.79 Å². The van der Waals surface area contributed by atoms with E-state index >= 15 is 0 Å². The van der Waals surface area contributed by atoms with Crippen LogP contribution in [0.2, 0.25) is 0 Å². The van der Waals surface area contributed by atoms with Crippen molar-refractivity contribution >= 4 is 32.6 Å². The zero-order chi connectivity index (χ0) is 21.3. The Morgan fingerprint density at radius 2 is 1.80 bits per heavy atom. The van der Waals surface area contributed by atoms with E-state index in [1.54, 1.807) is 11.3 Å². The Balaban J connectivity index is 1.31. The number of rotatable bonds is 5. The first-order chi connectivity index (χ1) is 14.4. The molecule has 3 aromatic rings. The number of aromatic nitrogens is 1. The monoisotopic (exact) mass is 423 g/mol. The van der Waals surface area contributed by atoms with Crippen molar-refractivity contribution in [1.82, 2.24) is 9.88 Å². The summed E-state index contributed by atoms with van der Waals surface area (Å²) in [6.45, 7) is 11.6. The molecular weight excluding hydrogens is 394 g/mol. The van der Waals surface area contributed by atoms with Crippen LogP contribution in [0.3, 0.4) is 0 Å². The maximum absolute atomic E-state index is 12.6. The fraction of sp³-hybridized carbons (Fsp3) is 0.417. The van der Waals surface area contributed by atoms with Crippen LogP contribution in [-0.4, -0.2) is 48.6 Å². The highest BCUT2D eigenvalue weighted by atomic mass is 32.1. The molecule has 1 aromatic heterocycles. The quantitative estimate of drug-likeness (QED) is 0.593. The third-order valence-corrected chi connectivity index (χ3v) is 6.89. The lowest BCUT2D eigenvalue weighted by atomic mass is 10.0. The van der Waals surface area contributed by atoms with Crippen molar-refractivity contribution in [2.75, 3.05) is 37.7 Å². The molecule has 158 valence electrons. The summed E-state index contributed by atoms with van der Waals surface area (Å²) >= 11 is 1.75. The summed E-state index contributed by atoms with van der Waals surface area (Å²) in [4.78, 5) is 21.6. The summed E-state index contributed by atoms with van der Waals surface area (Å²) in [7, 11) is 0. The fourth-order valence-corrected chi connectivity index (χ4v) is 4.90. The van der Waals surface area contributed by atoms with E-state index in [2.05, 4.69) is 56.9 Å². The average Bonchev–Trinajstić information content (AvgIpc) is 3.17. The van der Waals surface area contributed by atoms with E-state index in [9.17, 15) is 4.79 Å². The lowest BCUT2D eigenvalue weighted by Gasteiger charge is -2.34. The minimum absolute atomic E-state index is 0.0401. The third-order valence-electron chi connectivity index (χ3n) is 5.62. The highest BCUT2D eigenvalue weighted by Gasteiger charge is 2.23. The second-order valence-corrected chi connectivity index (χ2v) is 9.28. The number of hydrogen-bond acceptors (Lipinski definition) is 5. The number of carbonyl (C=O) groups excluding carboxylic acids is 1. The zero-order valence-electron chi connectivity index (χ0n) is 18.1. The predicted octanol–water partition coefficient (Wildman–Crippen LogP) is 4.76. The number of hydrogen-bond donors (Lipinski definition) is 0. The molecule has 1 saturated heterocycles. The van der Waals surface area contributed by atoms with Gasteiger partial charge in [-0.3, -0.25) is 4.79 Å². The first kappa shape index (κ1) is 20.7. The summed E-state index contributed by atoms with van der Waals surface area (Å²) in [5, 5.41) is 1.05. The van der Waals surface area contributed by atoms with Gasteiger partial charge in [0, 0.05) is 26.2 Å². The zero-order valence-corrected chi connectivity index (χ0v) is 19.0. The van der Waals surface area contributed by atoms with Crippen LogP contribution in [0.4, 0.5) is 5.13 Å². The van der Waals surface area contributed by atoms with Crippen molar-refractivity contribution in [3.05, 3.63) is 53.1 Å². The van der Waals surface area contributed by atoms with Crippen molar-refractivity contribution in [1.29, 1.82) is 0 Å². The Labute approximate surface area is 182 Å². The van der Waals surface area contributed by atoms with E-state index in [1.807, 2.05) is 17.0 Å². The Morgan fingerprint density at radius 1 is 1.10 bits per heavy atom. The lowest BCUT2D eigenvalue weighted by molar-refractivity contribution is -0.133. The molecule has 0 bridgehead atoms. The fourth-order valence-electron chi connectivity index (χ4n) is 3.83. The Kier molecular flexibility index (Phi) is 5.95. The summed E-state index contributed by atoms with van der Waals surface area (Å²) in [5.74, 6) is 1.27. The number of nitrogens with zero attached hydrogens (tertiary/aromatic N) is 3. The van der Waals surface area contributed by atoms with Crippen molar-refractivity contribution in [2.24, 2.45) is 0 Å². The van der Waals surface area contributed by atoms with Gasteiger partial charge in [-0.05, 0) is 54.7 Å². The maximum Gasteiger partial charge on any atom is 0.260 e. The number of ether oxygens (including phenoxy) is 1. The number of aryl methyl sites for hydroxylation is 2. The van der Waals surface area contributed by atoms with Gasteiger partial charge in [-0.2, -0.15) is 0 Å². The number of carbonyl (C=O) groups is 1. The maximum atomic E-state index is 12.6. The Hall–Kier alpha value is -2.60. The smallest absolute Gasteiger partial charge is 0.260 e. The molecule has 30 heavy (non-hydrogen) atoms. The number of thiazole rings is 1. The van der Waals surface area contributed by atoms with Crippen molar-refractivity contribution in [3.63, 3.8) is 0 Å². The van der Waals surface area contributed by atoms with Crippen LogP contribution in [0.25, 0.3) is 10.2 Å². The van der Waals surface area contributed by atoms with Crippen molar-refractivity contribution < 1.29 is 9.53 Å². The van der Waals surface area contributed by atoms with E-state index in [-0.39, 0.29) is 12.5 Å². The van der Waals surface area contributed by atoms with Gasteiger partial charge in [0.2, 0.25) is 0 Å². The molecule has 5 nitrogen and oxygen atoms in total. The minimum atomic E-state index is 0.0401. The van der Waals surface area contributed by atoms with Gasteiger partial charge in [-0.25, -0.2) is 4.98 Å². The SMILES string of the molecule is Cc1cc(C)c2sc(N3CCN(C(=O)COc4ccc(C(C)C)cc4)CC3)nc2c1. The molecule has 2 heterocycles. The van der Waals surface area contributed by atoms with Gasteiger partial charge in [0.15, 0.2) is 11.7 Å². The molecule has 2 aromatic carbocycles. The number of benzene rings is 2. The van der Waals surface area contributed by atoms with Crippen LogP contribution in [0.1, 0.15) is 36.5 Å². The van der Waals surface area contributed by atoms with Crippen molar-refractivity contribution in [2.45, 2.75) is 33.6 Å². The molecule has 1 amide bonds. The molecule has 1 aliphatic heterocycles. The van der Waals surface area contributed by atoms with E-state index in [0.717, 1.165) is 29.5 Å². The molecule has 0 saturated carbocycles. The van der Waals surface area contributed by atoms with Crippen LogP contribution in [0.15, 0.2) is 36.4 Å². The van der Waals surface area contributed by atoms with E-state index < -0.39 is 0 Å². The predicted molar refractivity (Wildman–Crippen MR) is 124 cm³/mol. The summed E-state index contributed by atoms with van der Waals surface area (Å²) in [6.07, 6.45) is 0. The van der Waals surface area contributed by atoms with Gasteiger partial charge >= 0.3 is 0 Å². The number of anilines is 1. The first-order valence-corrected chi connectivity index (χ1v) is 11.4. The summed E-state index contributed by atoms with van der Waals surface area (Å²) in [5.41, 5.74) is 4.86. The molecule has 0 spiro atoms. The van der Waals surface area contributed by atoms with Gasteiger partial charge in [0.05, 0.1) is 10.2 Å².